The number of ether oxygens (including phenoxy) is 2. The van der Waals surface area contributed by atoms with E-state index in [1.54, 1.807) is 0 Å². The number of fused-ring (bicyclic) bond motifs is 1. The summed E-state index contributed by atoms with van der Waals surface area (Å²) in [5.74, 6) is 1.66. The molecule has 0 spiro atoms. The van der Waals surface area contributed by atoms with Crippen molar-refractivity contribution in [3.8, 4) is 5.88 Å². The van der Waals surface area contributed by atoms with Crippen LogP contribution in [0, 0.1) is 12.8 Å². The van der Waals surface area contributed by atoms with Gasteiger partial charge in [-0.25, -0.2) is 9.97 Å². The van der Waals surface area contributed by atoms with E-state index < -0.39 is 0 Å². The molecule has 0 radical (unpaired) electrons. The first-order valence-electron chi connectivity index (χ1n) is 9.81. The maximum Gasteiger partial charge on any atom is 0.246 e. The van der Waals surface area contributed by atoms with Crippen LogP contribution in [0.15, 0.2) is 35.1 Å². The van der Waals surface area contributed by atoms with Gasteiger partial charge in [0.05, 0.1) is 6.10 Å². The van der Waals surface area contributed by atoms with Crippen molar-refractivity contribution in [2.45, 2.75) is 59.0 Å². The van der Waals surface area contributed by atoms with Crippen LogP contribution in [-0.2, 0) is 11.3 Å². The number of hydrogen-bond donors (Lipinski definition) is 0. The zero-order valence-electron chi connectivity index (χ0n) is 16.4. The van der Waals surface area contributed by atoms with Crippen molar-refractivity contribution in [3.05, 3.63) is 46.5 Å². The van der Waals surface area contributed by atoms with E-state index in [9.17, 15) is 0 Å². The molecule has 4 rings (SSSR count). The van der Waals surface area contributed by atoms with E-state index in [1.807, 2.05) is 41.8 Å². The smallest absolute Gasteiger partial charge is 0.246 e. The lowest BCUT2D eigenvalue weighted by Gasteiger charge is -2.16. The van der Waals surface area contributed by atoms with Crippen LogP contribution in [-0.4, -0.2) is 25.6 Å². The minimum Gasteiger partial charge on any atom is -0.471 e. The molecule has 1 aliphatic rings. The average molecular weight is 445 g/mol. The van der Waals surface area contributed by atoms with Gasteiger partial charge in [0.1, 0.15) is 18.7 Å². The van der Waals surface area contributed by atoms with Gasteiger partial charge in [-0.2, -0.15) is 4.98 Å². The minimum atomic E-state index is -0.0813. The fourth-order valence-electron chi connectivity index (χ4n) is 3.77. The largest absolute Gasteiger partial charge is 0.471 e. The van der Waals surface area contributed by atoms with Crippen LogP contribution in [0.2, 0.25) is 0 Å². The summed E-state index contributed by atoms with van der Waals surface area (Å²) in [7, 11) is 0. The Morgan fingerprint density at radius 2 is 2.00 bits per heavy atom. The second-order valence-electron chi connectivity index (χ2n) is 7.40. The lowest BCUT2D eigenvalue weighted by Crippen LogP contribution is -2.14. The molecule has 1 aliphatic heterocycles. The van der Waals surface area contributed by atoms with Crippen molar-refractivity contribution < 1.29 is 9.47 Å². The summed E-state index contributed by atoms with van der Waals surface area (Å²) in [6.45, 7) is 6.76. The number of aryl methyl sites for hydroxylation is 1. The molecular formula is C21H25BrN4O2. The minimum absolute atomic E-state index is 0.0813. The number of benzene rings is 1. The van der Waals surface area contributed by atoms with E-state index in [4.69, 9.17) is 9.47 Å². The summed E-state index contributed by atoms with van der Waals surface area (Å²) < 4.78 is 15.1. The number of halogens is 1. The number of hydrogen-bond acceptors (Lipinski definition) is 5. The average Bonchev–Trinajstić information content (AvgIpc) is 3.20. The number of aromatic nitrogens is 4. The van der Waals surface area contributed by atoms with Crippen molar-refractivity contribution in [2.24, 2.45) is 5.92 Å². The summed E-state index contributed by atoms with van der Waals surface area (Å²) in [5, 5.41) is 0. The number of imidazole rings is 1. The summed E-state index contributed by atoms with van der Waals surface area (Å²) in [4.78, 5) is 13.8. The Morgan fingerprint density at radius 3 is 2.75 bits per heavy atom. The molecule has 7 heteroatoms. The third-order valence-electron chi connectivity index (χ3n) is 5.20. The second kappa shape index (κ2) is 8.17. The van der Waals surface area contributed by atoms with Gasteiger partial charge in [0.2, 0.25) is 5.88 Å². The lowest BCUT2D eigenvalue weighted by atomic mass is 10.00. The number of rotatable bonds is 6. The van der Waals surface area contributed by atoms with E-state index in [0.717, 1.165) is 30.5 Å². The molecule has 2 aromatic heterocycles. The first kappa shape index (κ1) is 19.3. The third-order valence-corrected chi connectivity index (χ3v) is 5.76. The molecule has 3 unspecified atom stereocenters. The molecule has 3 atom stereocenters. The van der Waals surface area contributed by atoms with Crippen LogP contribution in [0.25, 0.3) is 11.2 Å². The molecular weight excluding hydrogens is 420 g/mol. The highest BCUT2D eigenvalue weighted by Gasteiger charge is 2.35. The Labute approximate surface area is 173 Å². The van der Waals surface area contributed by atoms with E-state index in [0.29, 0.717) is 34.5 Å². The van der Waals surface area contributed by atoms with Crippen molar-refractivity contribution >= 4 is 27.1 Å². The first-order valence-corrected chi connectivity index (χ1v) is 10.6. The van der Waals surface area contributed by atoms with Crippen molar-refractivity contribution in [1.29, 1.82) is 0 Å². The van der Waals surface area contributed by atoms with Crippen molar-refractivity contribution in [1.82, 2.24) is 19.5 Å². The van der Waals surface area contributed by atoms with E-state index in [2.05, 4.69) is 44.7 Å². The maximum absolute atomic E-state index is 6.35. The molecule has 0 aliphatic carbocycles. The van der Waals surface area contributed by atoms with Crippen LogP contribution in [0.3, 0.4) is 0 Å². The van der Waals surface area contributed by atoms with Gasteiger partial charge in [0, 0.05) is 0 Å². The van der Waals surface area contributed by atoms with Gasteiger partial charge < -0.3 is 9.47 Å². The van der Waals surface area contributed by atoms with Crippen molar-refractivity contribution in [2.75, 3.05) is 0 Å². The molecule has 0 N–H and O–H groups in total. The molecule has 148 valence electrons. The van der Waals surface area contributed by atoms with Crippen LogP contribution in [0.5, 0.6) is 5.88 Å². The molecule has 6 nitrogen and oxygen atoms in total. The summed E-state index contributed by atoms with van der Waals surface area (Å²) in [5.41, 5.74) is 2.49. The highest BCUT2D eigenvalue weighted by atomic mass is 79.9. The Bertz CT molecular complexity index is 960. The molecule has 1 aromatic carbocycles. The van der Waals surface area contributed by atoms with Gasteiger partial charge in [-0.15, -0.1) is 0 Å². The first-order chi connectivity index (χ1) is 13.6. The standard InChI is InChI=1S/C21H25BrN4O2/c1-4-8-16-13(2)11-17(28-16)26-19-18(25-21(26)22)20(24-14(3)23-19)27-12-15-9-6-5-7-10-15/h5-7,9-10,13,16-17H,4,8,11-12H2,1-3H3. The lowest BCUT2D eigenvalue weighted by molar-refractivity contribution is -0.00678. The fourth-order valence-corrected chi connectivity index (χ4v) is 4.35. The van der Waals surface area contributed by atoms with Crippen molar-refractivity contribution in [3.63, 3.8) is 0 Å². The third kappa shape index (κ3) is 3.78. The molecule has 28 heavy (non-hydrogen) atoms. The Hall–Kier alpha value is -1.99. The fraction of sp³-hybridized carbons (Fsp3) is 0.476. The van der Waals surface area contributed by atoms with E-state index in [-0.39, 0.29) is 12.3 Å². The Balaban J connectivity index is 1.66. The van der Waals surface area contributed by atoms with Crippen LogP contribution < -0.4 is 4.74 Å². The molecule has 3 aromatic rings. The second-order valence-corrected chi connectivity index (χ2v) is 8.11. The Kier molecular flexibility index (Phi) is 5.64. The zero-order valence-corrected chi connectivity index (χ0v) is 18.0. The molecule has 0 bridgehead atoms. The monoisotopic (exact) mass is 444 g/mol. The van der Waals surface area contributed by atoms with Gasteiger partial charge in [-0.3, -0.25) is 4.57 Å². The predicted octanol–water partition coefficient (Wildman–Crippen LogP) is 5.20. The van der Waals surface area contributed by atoms with Gasteiger partial charge in [0.25, 0.3) is 0 Å². The molecule has 3 heterocycles. The van der Waals surface area contributed by atoms with Gasteiger partial charge in [-0.1, -0.05) is 50.6 Å². The van der Waals surface area contributed by atoms with Crippen LogP contribution in [0.1, 0.15) is 50.7 Å². The zero-order chi connectivity index (χ0) is 19.7. The van der Waals surface area contributed by atoms with Crippen LogP contribution >= 0.6 is 15.9 Å². The molecule has 0 saturated carbocycles. The van der Waals surface area contributed by atoms with Gasteiger partial charge >= 0.3 is 0 Å². The van der Waals surface area contributed by atoms with Gasteiger partial charge in [0.15, 0.2) is 15.9 Å². The predicted molar refractivity (Wildman–Crippen MR) is 111 cm³/mol. The maximum atomic E-state index is 6.35. The normalized spacial score (nSPS) is 22.1. The van der Waals surface area contributed by atoms with Gasteiger partial charge in [-0.05, 0) is 47.2 Å². The van der Waals surface area contributed by atoms with E-state index >= 15 is 0 Å². The molecule has 0 amide bonds. The summed E-state index contributed by atoms with van der Waals surface area (Å²) in [6.07, 6.45) is 3.32. The SMILES string of the molecule is CCCC1OC(n2c(Br)nc3c(OCc4ccccc4)nc(C)nc32)CC1C. The summed E-state index contributed by atoms with van der Waals surface area (Å²) in [6, 6.07) is 10.0. The molecule has 1 fully saturated rings. The molecule has 1 saturated heterocycles. The highest BCUT2D eigenvalue weighted by molar-refractivity contribution is 9.10. The number of nitrogens with zero attached hydrogens (tertiary/aromatic N) is 4. The summed E-state index contributed by atoms with van der Waals surface area (Å²) >= 11 is 3.60. The highest BCUT2D eigenvalue weighted by Crippen LogP contribution is 2.39. The quantitative estimate of drug-likeness (QED) is 0.488. The van der Waals surface area contributed by atoms with E-state index in [1.165, 1.54) is 0 Å². The van der Waals surface area contributed by atoms with Crippen LogP contribution in [0.4, 0.5) is 0 Å². The Morgan fingerprint density at radius 1 is 1.21 bits per heavy atom. The topological polar surface area (TPSA) is 62.1 Å².